The first kappa shape index (κ1) is 38.7. The molecule has 8 aliphatic carbocycles. The molecule has 0 radical (unpaired) electrons. The zero-order valence-corrected chi connectivity index (χ0v) is 31.8. The Hall–Kier alpha value is -3.16. The normalized spacial score (nSPS) is 56.2. The molecule has 6 fully saturated rings. The molecule has 6 saturated carbocycles. The number of rotatable bonds is 3. The first-order chi connectivity index (χ1) is 25.4. The highest BCUT2D eigenvalue weighted by molar-refractivity contribution is 6.02. The number of esters is 1. The van der Waals surface area contributed by atoms with Crippen molar-refractivity contribution in [3.8, 4) is 0 Å². The van der Waals surface area contributed by atoms with Crippen LogP contribution in [-0.4, -0.2) is 91.0 Å². The van der Waals surface area contributed by atoms with Gasteiger partial charge in [-0.25, -0.2) is 27.2 Å². The second-order valence-electron chi connectivity index (χ2n) is 19.2. The lowest BCUT2D eigenvalue weighted by atomic mass is 9.44. The van der Waals surface area contributed by atoms with Crippen LogP contribution in [0.3, 0.4) is 0 Å². The van der Waals surface area contributed by atoms with Gasteiger partial charge >= 0.3 is 11.9 Å². The van der Waals surface area contributed by atoms with E-state index in [4.69, 9.17) is 4.74 Å². The molecular weight excluding hydrogens is 724 g/mol. The average Bonchev–Trinajstić information content (AvgIpc) is 3.45. The van der Waals surface area contributed by atoms with Crippen LogP contribution in [0.5, 0.6) is 0 Å². The monoisotopic (exact) mass is 774 g/mol. The number of alkyl halides is 4. The highest BCUT2D eigenvalue weighted by Crippen LogP contribution is 2.74. The van der Waals surface area contributed by atoms with Gasteiger partial charge in [0.05, 0.1) is 12.2 Å². The van der Waals surface area contributed by atoms with Gasteiger partial charge in [0.15, 0.2) is 28.5 Å². The summed E-state index contributed by atoms with van der Waals surface area (Å²) in [6.45, 7) is 8.90. The average molecular weight is 775 g/mol. The number of ketones is 2. The molecule has 13 heteroatoms. The van der Waals surface area contributed by atoms with Gasteiger partial charge in [-0.1, -0.05) is 39.8 Å². The molecule has 0 unspecified atom stereocenters. The highest BCUT2D eigenvalue weighted by Gasteiger charge is 2.81. The zero-order chi connectivity index (χ0) is 40.4. The SMILES string of the molecule is C[C@@H]1C[C@H]2[C@@H]3C[C@H](F)C4=CC(=O)C=C[C@]4(C)[C@@]3(F)[C@@H](O)C[C@]2(C)[C@@]1(O)C(=O)O[C@]1(C(=O)O)[C@H](C)C[C@H]2[C@@H]3C[C@H](F)C4=CC(=O)C=C[C@]4(C)[C@@]3(F)[C@@H](O)C[C@@]21C. The third-order valence-electron chi connectivity index (χ3n) is 17.3. The number of carbonyl (C=O) groups excluding carboxylic acids is 3. The van der Waals surface area contributed by atoms with E-state index in [-0.39, 0.29) is 24.0 Å². The molecule has 300 valence electrons. The molecule has 0 aromatic rings. The van der Waals surface area contributed by atoms with Crippen LogP contribution in [0.25, 0.3) is 0 Å². The number of aliphatic carboxylic acids is 1. The largest absolute Gasteiger partial charge is 0.478 e. The Morgan fingerprint density at radius 1 is 0.709 bits per heavy atom. The first-order valence-corrected chi connectivity index (χ1v) is 19.5. The summed E-state index contributed by atoms with van der Waals surface area (Å²) in [6.07, 6.45) is -2.22. The summed E-state index contributed by atoms with van der Waals surface area (Å²) in [4.78, 5) is 53.0. The summed E-state index contributed by atoms with van der Waals surface area (Å²) in [7, 11) is 0. The number of carboxylic acid groups (broad SMARTS) is 1. The number of aliphatic hydroxyl groups excluding tert-OH is 2. The molecule has 0 bridgehead atoms. The number of fused-ring (bicyclic) bond motifs is 10. The fourth-order valence-electron chi connectivity index (χ4n) is 14.4. The molecule has 0 heterocycles. The minimum atomic E-state index is -2.52. The Labute approximate surface area is 316 Å². The molecular formula is C42H50F4O9. The lowest BCUT2D eigenvalue weighted by molar-refractivity contribution is -0.256. The summed E-state index contributed by atoms with van der Waals surface area (Å²) < 4.78 is 73.9. The maximum atomic E-state index is 17.8. The van der Waals surface area contributed by atoms with Gasteiger partial charge in [0.25, 0.3) is 0 Å². The molecule has 8 aliphatic rings. The molecule has 9 nitrogen and oxygen atoms in total. The summed E-state index contributed by atoms with van der Waals surface area (Å²) in [5, 5.41) is 47.5. The fraction of sp³-hybridized carbons (Fsp3) is 0.714. The third kappa shape index (κ3) is 4.11. The van der Waals surface area contributed by atoms with Crippen molar-refractivity contribution in [2.24, 2.45) is 57.2 Å². The van der Waals surface area contributed by atoms with Gasteiger partial charge in [0.2, 0.25) is 5.60 Å². The second kappa shape index (κ2) is 11.3. The topological polar surface area (TPSA) is 158 Å². The van der Waals surface area contributed by atoms with Crippen molar-refractivity contribution < 1.29 is 61.9 Å². The molecule has 0 aromatic carbocycles. The standard InChI is InChI=1S/C42H50F4O9/c1-19-11-23-25-15-29(43)27-13-21(47)7-9-35(27,3)39(25,45)31(49)17-37(23,5)41(19,54)34(53)55-42(33(51)52)20(2)12-24-26-16-30(44)28-14-22(48)8-10-36(28,4)40(26,46)32(50)18-38(24,42)6/h7-10,13-14,19-20,23-26,29-32,49-50,54H,11-12,15-18H2,1-6H3,(H,51,52)/t19-,20-,23+,24+,25+,26+,29+,30+,31+,32+,35+,36+,37+,38+,39+,40+,41+,42+/m1/s1. The van der Waals surface area contributed by atoms with Gasteiger partial charge in [-0.3, -0.25) is 9.59 Å². The van der Waals surface area contributed by atoms with E-state index in [1.165, 1.54) is 53.7 Å². The number of allylic oxidation sites excluding steroid dienone is 8. The van der Waals surface area contributed by atoms with E-state index in [1.807, 2.05) is 0 Å². The molecule has 4 N–H and O–H groups in total. The molecule has 0 aliphatic heterocycles. The first-order valence-electron chi connectivity index (χ1n) is 19.5. The van der Waals surface area contributed by atoms with E-state index in [9.17, 15) is 39.6 Å². The van der Waals surface area contributed by atoms with E-state index >= 15 is 17.6 Å². The minimum Gasteiger partial charge on any atom is -0.478 e. The quantitative estimate of drug-likeness (QED) is 0.223. The molecule has 0 saturated heterocycles. The van der Waals surface area contributed by atoms with Crippen LogP contribution < -0.4 is 0 Å². The van der Waals surface area contributed by atoms with Crippen molar-refractivity contribution in [1.29, 1.82) is 0 Å². The van der Waals surface area contributed by atoms with Crippen molar-refractivity contribution in [2.45, 2.75) is 127 Å². The van der Waals surface area contributed by atoms with Crippen LogP contribution >= 0.6 is 0 Å². The minimum absolute atomic E-state index is 0.00132. The predicted molar refractivity (Wildman–Crippen MR) is 188 cm³/mol. The Bertz CT molecular complexity index is 1930. The molecule has 0 aromatic heterocycles. The van der Waals surface area contributed by atoms with E-state index in [0.717, 1.165) is 24.3 Å². The van der Waals surface area contributed by atoms with E-state index < -0.39 is 153 Å². The van der Waals surface area contributed by atoms with Crippen LogP contribution in [0.2, 0.25) is 0 Å². The van der Waals surface area contributed by atoms with Gasteiger partial charge in [-0.15, -0.1) is 0 Å². The molecule has 8 rings (SSSR count). The van der Waals surface area contributed by atoms with Gasteiger partial charge < -0.3 is 25.2 Å². The van der Waals surface area contributed by atoms with Crippen molar-refractivity contribution in [2.75, 3.05) is 0 Å². The molecule has 55 heavy (non-hydrogen) atoms. The highest BCUT2D eigenvalue weighted by atomic mass is 19.2. The van der Waals surface area contributed by atoms with Crippen molar-refractivity contribution in [1.82, 2.24) is 0 Å². The summed E-state index contributed by atoms with van der Waals surface area (Å²) >= 11 is 0. The lowest BCUT2D eigenvalue weighted by Gasteiger charge is -2.63. The number of aliphatic hydroxyl groups is 3. The van der Waals surface area contributed by atoms with E-state index in [1.54, 1.807) is 0 Å². The predicted octanol–water partition coefficient (Wildman–Crippen LogP) is 5.21. The number of ether oxygens (including phenoxy) is 1. The van der Waals surface area contributed by atoms with Gasteiger partial charge in [0, 0.05) is 39.4 Å². The maximum absolute atomic E-state index is 17.8. The van der Waals surface area contributed by atoms with Crippen LogP contribution in [-0.2, 0) is 23.9 Å². The summed E-state index contributed by atoms with van der Waals surface area (Å²) in [5.41, 5.74) is -16.9. The van der Waals surface area contributed by atoms with Crippen LogP contribution in [0.4, 0.5) is 17.6 Å². The Balaban J connectivity index is 1.17. The Morgan fingerprint density at radius 3 is 1.58 bits per heavy atom. The van der Waals surface area contributed by atoms with Crippen LogP contribution in [0.15, 0.2) is 47.6 Å². The molecule has 18 atom stereocenters. The molecule has 0 amide bonds. The Kier molecular flexibility index (Phi) is 7.93. The maximum Gasteiger partial charge on any atom is 0.349 e. The third-order valence-corrected chi connectivity index (χ3v) is 17.3. The van der Waals surface area contributed by atoms with Crippen molar-refractivity contribution in [3.05, 3.63) is 47.6 Å². The van der Waals surface area contributed by atoms with E-state index in [0.29, 0.717) is 0 Å². The number of hydrogen-bond acceptors (Lipinski definition) is 8. The smallest absolute Gasteiger partial charge is 0.349 e. The van der Waals surface area contributed by atoms with Gasteiger partial charge in [-0.05, 0) is 106 Å². The second-order valence-corrected chi connectivity index (χ2v) is 19.2. The summed E-state index contributed by atoms with van der Waals surface area (Å²) in [6, 6.07) is 0. The number of carboxylic acids is 1. The van der Waals surface area contributed by atoms with Gasteiger partial charge in [0.1, 0.15) is 12.3 Å². The lowest BCUT2D eigenvalue weighted by Crippen LogP contribution is -2.72. The Morgan fingerprint density at radius 2 is 1.13 bits per heavy atom. The van der Waals surface area contributed by atoms with Crippen molar-refractivity contribution in [3.63, 3.8) is 0 Å². The number of halogens is 4. The van der Waals surface area contributed by atoms with Crippen molar-refractivity contribution >= 4 is 23.5 Å². The fourth-order valence-corrected chi connectivity index (χ4v) is 14.4. The van der Waals surface area contributed by atoms with E-state index in [2.05, 4.69) is 0 Å². The number of carbonyl (C=O) groups is 4. The zero-order valence-electron chi connectivity index (χ0n) is 31.8. The number of hydrogen-bond donors (Lipinski definition) is 4. The molecule has 0 spiro atoms. The van der Waals surface area contributed by atoms with Crippen LogP contribution in [0, 0.1) is 57.2 Å². The van der Waals surface area contributed by atoms with Crippen LogP contribution in [0.1, 0.15) is 80.1 Å². The summed E-state index contributed by atoms with van der Waals surface area (Å²) in [5.74, 6) is -10.3. The van der Waals surface area contributed by atoms with Gasteiger partial charge in [-0.2, -0.15) is 0 Å².